The summed E-state index contributed by atoms with van der Waals surface area (Å²) < 4.78 is 5.45. The van der Waals surface area contributed by atoms with Gasteiger partial charge in [-0.2, -0.15) is 0 Å². The molecular weight excluding hydrogens is 398 g/mol. The third-order valence-electron chi connectivity index (χ3n) is 6.20. The zero-order chi connectivity index (χ0) is 21.6. The first-order chi connectivity index (χ1) is 15.8. The molecule has 2 aliphatic rings. The monoisotopic (exact) mass is 429 g/mol. The lowest BCUT2D eigenvalue weighted by Crippen LogP contribution is -2.36. The van der Waals surface area contributed by atoms with Crippen LogP contribution in [0.3, 0.4) is 0 Å². The van der Waals surface area contributed by atoms with Crippen LogP contribution < -0.4 is 15.5 Å². The van der Waals surface area contributed by atoms with E-state index in [4.69, 9.17) is 4.74 Å². The first kappa shape index (κ1) is 20.8. The van der Waals surface area contributed by atoms with E-state index >= 15 is 0 Å². The van der Waals surface area contributed by atoms with E-state index in [0.717, 1.165) is 70.4 Å². The Hall–Kier alpha value is -3.09. The number of fused-ring (bicyclic) bond motifs is 1. The quantitative estimate of drug-likeness (QED) is 0.615. The van der Waals surface area contributed by atoms with Gasteiger partial charge in [0.2, 0.25) is 0 Å². The van der Waals surface area contributed by atoms with E-state index in [1.807, 2.05) is 6.20 Å². The average molecular weight is 430 g/mol. The van der Waals surface area contributed by atoms with Crippen LogP contribution in [0.5, 0.6) is 0 Å². The van der Waals surface area contributed by atoms with Gasteiger partial charge in [0, 0.05) is 74.2 Å². The van der Waals surface area contributed by atoms with Crippen molar-refractivity contribution < 1.29 is 4.74 Å². The van der Waals surface area contributed by atoms with Gasteiger partial charge in [0.15, 0.2) is 0 Å². The van der Waals surface area contributed by atoms with Crippen LogP contribution in [0.1, 0.15) is 11.1 Å². The molecule has 3 aromatic rings. The third kappa shape index (κ3) is 5.21. The van der Waals surface area contributed by atoms with Gasteiger partial charge >= 0.3 is 0 Å². The molecule has 0 spiro atoms. The summed E-state index contributed by atoms with van der Waals surface area (Å²) in [5.41, 5.74) is 6.11. The van der Waals surface area contributed by atoms with Gasteiger partial charge in [0.1, 0.15) is 5.82 Å². The highest BCUT2D eigenvalue weighted by Crippen LogP contribution is 2.26. The Morgan fingerprint density at radius 2 is 1.78 bits per heavy atom. The SMILES string of the molecule is c1ccc(CCN2CCNc3cc(Nc4ccc(N5CCOCC5)cc4)ncc3C2)cc1. The molecule has 0 radical (unpaired) electrons. The fourth-order valence-electron chi connectivity index (χ4n) is 4.36. The number of morpholine rings is 1. The van der Waals surface area contributed by atoms with Gasteiger partial charge in [0.05, 0.1) is 13.2 Å². The Kier molecular flexibility index (Phi) is 6.51. The van der Waals surface area contributed by atoms with E-state index in [1.165, 1.54) is 22.5 Å². The van der Waals surface area contributed by atoms with Gasteiger partial charge in [-0.1, -0.05) is 30.3 Å². The summed E-state index contributed by atoms with van der Waals surface area (Å²) in [5, 5.41) is 7.05. The molecule has 1 fully saturated rings. The standard InChI is InChI=1S/C26H31N5O/c1-2-4-21(5-3-1)10-12-30-13-11-27-25-18-26(28-19-22(25)20-30)29-23-6-8-24(9-7-23)31-14-16-32-17-15-31/h1-9,18-19,27H,10-17,20H2,(H,28,29). The summed E-state index contributed by atoms with van der Waals surface area (Å²) in [5.74, 6) is 0.869. The predicted molar refractivity (Wildman–Crippen MR) is 131 cm³/mol. The molecule has 0 saturated carbocycles. The fraction of sp³-hybridized carbons (Fsp3) is 0.346. The Balaban J connectivity index is 1.20. The van der Waals surface area contributed by atoms with Crippen molar-refractivity contribution in [1.82, 2.24) is 9.88 Å². The van der Waals surface area contributed by atoms with E-state index in [2.05, 4.69) is 86.1 Å². The minimum atomic E-state index is 0.801. The minimum absolute atomic E-state index is 0.801. The van der Waals surface area contributed by atoms with Crippen LogP contribution in [0.4, 0.5) is 22.9 Å². The van der Waals surface area contributed by atoms with Gasteiger partial charge in [-0.15, -0.1) is 0 Å². The molecule has 0 unspecified atom stereocenters. The smallest absolute Gasteiger partial charge is 0.132 e. The van der Waals surface area contributed by atoms with Crippen molar-refractivity contribution >= 4 is 22.9 Å². The fourth-order valence-corrected chi connectivity index (χ4v) is 4.36. The molecule has 0 bridgehead atoms. The second kappa shape index (κ2) is 10.0. The van der Waals surface area contributed by atoms with Crippen LogP contribution in [0.2, 0.25) is 0 Å². The number of aromatic nitrogens is 1. The number of ether oxygens (including phenoxy) is 1. The zero-order valence-corrected chi connectivity index (χ0v) is 18.5. The summed E-state index contributed by atoms with van der Waals surface area (Å²) in [6.45, 7) is 7.47. The van der Waals surface area contributed by atoms with Gasteiger partial charge < -0.3 is 20.3 Å². The predicted octanol–water partition coefficient (Wildman–Crippen LogP) is 4.13. The Labute approximate surface area is 190 Å². The van der Waals surface area contributed by atoms with Crippen molar-refractivity contribution in [3.8, 4) is 0 Å². The summed E-state index contributed by atoms with van der Waals surface area (Å²) in [7, 11) is 0. The number of pyridine rings is 1. The van der Waals surface area contributed by atoms with E-state index in [9.17, 15) is 0 Å². The molecule has 166 valence electrons. The van der Waals surface area contributed by atoms with E-state index in [0.29, 0.717) is 0 Å². The molecule has 3 heterocycles. The number of nitrogens with one attached hydrogen (secondary N) is 2. The molecule has 0 atom stereocenters. The number of anilines is 4. The van der Waals surface area contributed by atoms with Crippen LogP contribution in [-0.2, 0) is 17.7 Å². The maximum Gasteiger partial charge on any atom is 0.132 e. The summed E-state index contributed by atoms with van der Waals surface area (Å²) >= 11 is 0. The highest BCUT2D eigenvalue weighted by molar-refractivity contribution is 5.65. The minimum Gasteiger partial charge on any atom is -0.383 e. The second-order valence-electron chi connectivity index (χ2n) is 8.44. The van der Waals surface area contributed by atoms with Crippen LogP contribution in [0.15, 0.2) is 66.9 Å². The molecule has 0 amide bonds. The number of rotatable bonds is 6. The number of nitrogens with zero attached hydrogens (tertiary/aromatic N) is 3. The largest absolute Gasteiger partial charge is 0.383 e. The third-order valence-corrected chi connectivity index (χ3v) is 6.20. The van der Waals surface area contributed by atoms with Gasteiger partial charge in [0.25, 0.3) is 0 Å². The maximum atomic E-state index is 5.45. The molecular formula is C26H31N5O. The second-order valence-corrected chi connectivity index (χ2v) is 8.44. The number of hydrogen-bond acceptors (Lipinski definition) is 6. The van der Waals surface area contributed by atoms with Crippen molar-refractivity contribution in [3.05, 3.63) is 78.0 Å². The Morgan fingerprint density at radius 3 is 2.59 bits per heavy atom. The molecule has 2 aromatic carbocycles. The summed E-state index contributed by atoms with van der Waals surface area (Å²) in [6.07, 6.45) is 3.08. The first-order valence-electron chi connectivity index (χ1n) is 11.5. The molecule has 2 N–H and O–H groups in total. The molecule has 2 aliphatic heterocycles. The van der Waals surface area contributed by atoms with Gasteiger partial charge in [-0.3, -0.25) is 4.90 Å². The molecule has 0 aliphatic carbocycles. The van der Waals surface area contributed by atoms with E-state index in [-0.39, 0.29) is 0 Å². The molecule has 1 aromatic heterocycles. The first-order valence-corrected chi connectivity index (χ1v) is 11.5. The molecule has 1 saturated heterocycles. The van der Waals surface area contributed by atoms with Crippen molar-refractivity contribution in [2.45, 2.75) is 13.0 Å². The normalized spacial score (nSPS) is 16.7. The molecule has 6 heteroatoms. The zero-order valence-electron chi connectivity index (χ0n) is 18.5. The van der Waals surface area contributed by atoms with Gasteiger partial charge in [-0.05, 0) is 36.2 Å². The molecule has 5 rings (SSSR count). The van der Waals surface area contributed by atoms with E-state index < -0.39 is 0 Å². The van der Waals surface area contributed by atoms with Crippen molar-refractivity contribution in [2.24, 2.45) is 0 Å². The lowest BCUT2D eigenvalue weighted by molar-refractivity contribution is 0.122. The highest BCUT2D eigenvalue weighted by Gasteiger charge is 2.15. The van der Waals surface area contributed by atoms with E-state index in [1.54, 1.807) is 0 Å². The molecule has 6 nitrogen and oxygen atoms in total. The van der Waals surface area contributed by atoms with Crippen molar-refractivity contribution in [3.63, 3.8) is 0 Å². The number of benzene rings is 2. The Bertz CT molecular complexity index is 1000. The molecule has 32 heavy (non-hydrogen) atoms. The number of hydrogen-bond donors (Lipinski definition) is 2. The summed E-state index contributed by atoms with van der Waals surface area (Å²) in [4.78, 5) is 9.56. The van der Waals surface area contributed by atoms with Crippen molar-refractivity contribution in [2.75, 3.05) is 61.5 Å². The average Bonchev–Trinajstić information content (AvgIpc) is 3.06. The summed E-state index contributed by atoms with van der Waals surface area (Å²) in [6, 6.07) is 21.4. The Morgan fingerprint density at radius 1 is 0.969 bits per heavy atom. The van der Waals surface area contributed by atoms with Gasteiger partial charge in [-0.25, -0.2) is 4.98 Å². The topological polar surface area (TPSA) is 52.7 Å². The highest BCUT2D eigenvalue weighted by atomic mass is 16.5. The lowest BCUT2D eigenvalue weighted by atomic mass is 10.1. The van der Waals surface area contributed by atoms with Crippen LogP contribution >= 0.6 is 0 Å². The van der Waals surface area contributed by atoms with Crippen molar-refractivity contribution in [1.29, 1.82) is 0 Å². The van der Waals surface area contributed by atoms with Crippen LogP contribution in [-0.4, -0.2) is 55.8 Å². The maximum absolute atomic E-state index is 5.45. The van der Waals surface area contributed by atoms with Crippen LogP contribution in [0.25, 0.3) is 0 Å². The van der Waals surface area contributed by atoms with Crippen LogP contribution in [0, 0.1) is 0 Å². The lowest BCUT2D eigenvalue weighted by Gasteiger charge is -2.28.